The number of carbonyl (C=O) groups excluding carboxylic acids is 1. The van der Waals surface area contributed by atoms with E-state index in [0.29, 0.717) is 11.3 Å². The summed E-state index contributed by atoms with van der Waals surface area (Å²) in [4.78, 5) is 12.1. The number of halogens is 1. The highest BCUT2D eigenvalue weighted by Gasteiger charge is 2.27. The molecule has 0 atom stereocenters. The summed E-state index contributed by atoms with van der Waals surface area (Å²) in [6.07, 6.45) is 3.34. The third-order valence-corrected chi connectivity index (χ3v) is 5.87. The van der Waals surface area contributed by atoms with Crippen LogP contribution >= 0.6 is 0 Å². The highest BCUT2D eigenvalue weighted by atomic mass is 32.2. The molecule has 0 aromatic heterocycles. The SMILES string of the molecule is CO[S-](=O)=Nc1ccc(CNC(=O)COc2ccc3c(c2)CCCC3(C)C)cc1F. The Labute approximate surface area is 178 Å². The normalized spacial score (nSPS) is 16.0. The number of aryl methyl sites for hydroxylation is 1. The third-order valence-electron chi connectivity index (χ3n) is 5.24. The van der Waals surface area contributed by atoms with Crippen molar-refractivity contribution in [2.75, 3.05) is 13.7 Å². The van der Waals surface area contributed by atoms with E-state index < -0.39 is 16.7 Å². The van der Waals surface area contributed by atoms with Crippen LogP contribution in [0.1, 0.15) is 43.4 Å². The number of ether oxygens (including phenoxy) is 1. The molecule has 0 aliphatic heterocycles. The van der Waals surface area contributed by atoms with Crippen molar-refractivity contribution in [3.05, 3.63) is 58.9 Å². The Morgan fingerprint density at radius 3 is 2.80 bits per heavy atom. The minimum absolute atomic E-state index is 0.0656. The lowest BCUT2D eigenvalue weighted by Gasteiger charge is -2.32. The van der Waals surface area contributed by atoms with E-state index >= 15 is 0 Å². The summed E-state index contributed by atoms with van der Waals surface area (Å²) in [5, 5.41) is 2.70. The lowest BCUT2D eigenvalue weighted by molar-refractivity contribution is -0.123. The van der Waals surface area contributed by atoms with Gasteiger partial charge in [0, 0.05) is 13.7 Å². The molecule has 0 saturated carbocycles. The smallest absolute Gasteiger partial charge is 0.258 e. The number of benzene rings is 2. The van der Waals surface area contributed by atoms with Crippen molar-refractivity contribution in [2.45, 2.75) is 45.1 Å². The predicted octanol–water partition coefficient (Wildman–Crippen LogP) is 4.48. The molecule has 162 valence electrons. The van der Waals surface area contributed by atoms with Crippen molar-refractivity contribution in [2.24, 2.45) is 4.36 Å². The summed E-state index contributed by atoms with van der Waals surface area (Å²) in [6, 6.07) is 10.2. The molecule has 2 aromatic rings. The van der Waals surface area contributed by atoms with Crippen LogP contribution in [0.2, 0.25) is 0 Å². The van der Waals surface area contributed by atoms with Gasteiger partial charge < -0.3 is 22.8 Å². The average Bonchev–Trinajstić information content (AvgIpc) is 2.72. The monoisotopic (exact) mass is 433 g/mol. The molecule has 8 heteroatoms. The number of hydrogen-bond donors (Lipinski definition) is 1. The fraction of sp³-hybridized carbons (Fsp3) is 0.409. The topological polar surface area (TPSA) is 77.0 Å². The maximum atomic E-state index is 14.0. The zero-order valence-electron chi connectivity index (χ0n) is 17.4. The molecule has 1 aliphatic rings. The number of carbonyl (C=O) groups is 1. The van der Waals surface area contributed by atoms with E-state index in [1.54, 1.807) is 6.07 Å². The van der Waals surface area contributed by atoms with Crippen LogP contribution in [0.4, 0.5) is 10.1 Å². The maximum Gasteiger partial charge on any atom is 0.258 e. The van der Waals surface area contributed by atoms with Crippen molar-refractivity contribution >= 4 is 22.5 Å². The number of nitrogens with one attached hydrogen (secondary N) is 1. The molecule has 30 heavy (non-hydrogen) atoms. The van der Waals surface area contributed by atoms with Crippen LogP contribution in [0.3, 0.4) is 0 Å². The molecule has 0 unspecified atom stereocenters. The molecule has 0 fully saturated rings. The first-order valence-corrected chi connectivity index (χ1v) is 10.8. The summed E-state index contributed by atoms with van der Waals surface area (Å²) in [7, 11) is -0.717. The molecule has 0 saturated heterocycles. The summed E-state index contributed by atoms with van der Waals surface area (Å²) in [5.41, 5.74) is 3.28. The summed E-state index contributed by atoms with van der Waals surface area (Å²) in [5.74, 6) is -0.271. The Kier molecular flexibility index (Phi) is 7.10. The van der Waals surface area contributed by atoms with Crippen LogP contribution in [0.15, 0.2) is 40.8 Å². The number of rotatable bonds is 7. The van der Waals surface area contributed by atoms with E-state index in [1.165, 1.54) is 36.8 Å². The van der Waals surface area contributed by atoms with Crippen molar-refractivity contribution in [3.8, 4) is 5.75 Å². The Balaban J connectivity index is 1.53. The summed E-state index contributed by atoms with van der Waals surface area (Å²) < 4.78 is 38.9. The van der Waals surface area contributed by atoms with Gasteiger partial charge in [0.15, 0.2) is 6.61 Å². The fourth-order valence-electron chi connectivity index (χ4n) is 3.63. The van der Waals surface area contributed by atoms with E-state index in [1.807, 2.05) is 12.1 Å². The van der Waals surface area contributed by atoms with Crippen LogP contribution in [0.25, 0.3) is 0 Å². The standard InChI is InChI=1S/C22H26FN2O4S/c1-22(2)10-4-5-16-12-17(7-8-18(16)22)29-14-21(26)24-13-15-6-9-20(19(23)11-15)25-30(27)28-3/h6-9,11-12H,4-5,10,13-14H2,1-3H3,(H,24,26)/q-1. The molecule has 1 N–H and O–H groups in total. The Bertz CT molecular complexity index is 1020. The molecule has 0 radical (unpaired) electrons. The number of fused-ring (bicyclic) bond motifs is 1. The van der Waals surface area contributed by atoms with E-state index in [0.717, 1.165) is 12.8 Å². The Morgan fingerprint density at radius 1 is 1.27 bits per heavy atom. The zero-order valence-corrected chi connectivity index (χ0v) is 18.2. The van der Waals surface area contributed by atoms with Gasteiger partial charge in [0.05, 0.1) is 5.69 Å². The molecule has 1 aliphatic carbocycles. The zero-order chi connectivity index (χ0) is 21.7. The summed E-state index contributed by atoms with van der Waals surface area (Å²) in [6.45, 7) is 4.52. The van der Waals surface area contributed by atoms with Crippen LogP contribution in [-0.2, 0) is 42.4 Å². The predicted molar refractivity (Wildman–Crippen MR) is 113 cm³/mol. The number of nitrogens with zero attached hydrogens (tertiary/aromatic N) is 1. The van der Waals surface area contributed by atoms with Gasteiger partial charge in [0.1, 0.15) is 11.6 Å². The van der Waals surface area contributed by atoms with Gasteiger partial charge in [0.25, 0.3) is 5.91 Å². The molecular formula is C22H26FN2O4S-. The number of amides is 1. The fourth-order valence-corrected chi connectivity index (χ4v) is 4.02. The van der Waals surface area contributed by atoms with E-state index in [2.05, 4.69) is 33.8 Å². The van der Waals surface area contributed by atoms with Crippen molar-refractivity contribution in [3.63, 3.8) is 0 Å². The first-order chi connectivity index (χ1) is 14.3. The Morgan fingerprint density at radius 2 is 2.07 bits per heavy atom. The van der Waals surface area contributed by atoms with E-state index in [9.17, 15) is 13.4 Å². The lowest BCUT2D eigenvalue weighted by atomic mass is 9.73. The minimum atomic E-state index is -1.93. The quantitative estimate of drug-likeness (QED) is 0.654. The average molecular weight is 434 g/mol. The largest absolute Gasteiger partial charge is 0.484 e. The second-order valence-electron chi connectivity index (χ2n) is 7.88. The van der Waals surface area contributed by atoms with Gasteiger partial charge in [-0.1, -0.05) is 36.9 Å². The van der Waals surface area contributed by atoms with Crippen molar-refractivity contribution < 1.29 is 22.3 Å². The van der Waals surface area contributed by atoms with Crippen molar-refractivity contribution in [1.29, 1.82) is 0 Å². The second-order valence-corrected chi connectivity index (χ2v) is 8.83. The highest BCUT2D eigenvalue weighted by Crippen LogP contribution is 2.38. The van der Waals surface area contributed by atoms with Crippen LogP contribution < -0.4 is 10.1 Å². The molecule has 0 heterocycles. The van der Waals surface area contributed by atoms with Gasteiger partial charge in [-0.05, 0) is 65.6 Å². The molecule has 6 nitrogen and oxygen atoms in total. The molecule has 1 amide bonds. The Hall–Kier alpha value is -2.45. The molecule has 3 rings (SSSR count). The first kappa shape index (κ1) is 22.2. The van der Waals surface area contributed by atoms with Crippen LogP contribution in [0.5, 0.6) is 5.75 Å². The first-order valence-electron chi connectivity index (χ1n) is 9.78. The van der Waals surface area contributed by atoms with E-state index in [-0.39, 0.29) is 30.2 Å². The van der Waals surface area contributed by atoms with E-state index in [4.69, 9.17) is 4.74 Å². The van der Waals surface area contributed by atoms with Gasteiger partial charge >= 0.3 is 0 Å². The van der Waals surface area contributed by atoms with Crippen molar-refractivity contribution in [1.82, 2.24) is 5.32 Å². The summed E-state index contributed by atoms with van der Waals surface area (Å²) >= 11 is 0. The minimum Gasteiger partial charge on any atom is -0.484 e. The lowest BCUT2D eigenvalue weighted by Crippen LogP contribution is -2.28. The molecule has 0 bridgehead atoms. The van der Waals surface area contributed by atoms with Crippen LogP contribution in [0, 0.1) is 5.82 Å². The van der Waals surface area contributed by atoms with Gasteiger partial charge in [0.2, 0.25) is 0 Å². The highest BCUT2D eigenvalue weighted by molar-refractivity contribution is 7.69. The molecular weight excluding hydrogens is 407 g/mol. The molecule has 0 spiro atoms. The van der Waals surface area contributed by atoms with Gasteiger partial charge in [-0.15, -0.1) is 0 Å². The van der Waals surface area contributed by atoms with Gasteiger partial charge in [-0.25, -0.2) is 4.39 Å². The van der Waals surface area contributed by atoms with Crippen LogP contribution in [-0.4, -0.2) is 19.6 Å². The molecule has 2 aromatic carbocycles. The maximum absolute atomic E-state index is 14.0. The number of hydrogen-bond acceptors (Lipinski definition) is 6. The van der Waals surface area contributed by atoms with Gasteiger partial charge in [-0.2, -0.15) is 0 Å². The van der Waals surface area contributed by atoms with Gasteiger partial charge in [-0.3, -0.25) is 4.79 Å². The second kappa shape index (κ2) is 9.57. The third kappa shape index (κ3) is 5.58.